The Bertz CT molecular complexity index is 584. The fraction of sp³-hybridized carbons (Fsp3) is 0.353. The number of ether oxygens (including phenoxy) is 1. The van der Waals surface area contributed by atoms with Crippen molar-refractivity contribution in [2.45, 2.75) is 32.7 Å². The SMILES string of the molecule is COc1ccc(CCC(C)Nc2cnc(Cl)c(C)c2)cc1. The molecule has 0 bridgehead atoms. The van der Waals surface area contributed by atoms with Crippen LogP contribution in [0.3, 0.4) is 0 Å². The molecule has 0 spiro atoms. The Balaban J connectivity index is 1.86. The van der Waals surface area contributed by atoms with Crippen molar-refractivity contribution in [1.82, 2.24) is 4.98 Å². The van der Waals surface area contributed by atoms with Crippen LogP contribution >= 0.6 is 11.6 Å². The summed E-state index contributed by atoms with van der Waals surface area (Å²) < 4.78 is 5.16. The summed E-state index contributed by atoms with van der Waals surface area (Å²) in [6, 6.07) is 10.6. The third-order valence-electron chi connectivity index (χ3n) is 3.45. The summed E-state index contributed by atoms with van der Waals surface area (Å²) in [6.07, 6.45) is 3.85. The van der Waals surface area contributed by atoms with Crippen LogP contribution in [0.15, 0.2) is 36.5 Å². The Kier molecular flexibility index (Phi) is 5.45. The number of aromatic nitrogens is 1. The summed E-state index contributed by atoms with van der Waals surface area (Å²) in [5.74, 6) is 0.896. The largest absolute Gasteiger partial charge is 0.497 e. The number of halogens is 1. The number of anilines is 1. The third-order valence-corrected chi connectivity index (χ3v) is 3.85. The molecule has 1 aromatic carbocycles. The van der Waals surface area contributed by atoms with Gasteiger partial charge in [0, 0.05) is 6.04 Å². The minimum atomic E-state index is 0.370. The Morgan fingerprint density at radius 1 is 1.29 bits per heavy atom. The number of hydrogen-bond donors (Lipinski definition) is 1. The molecular formula is C17H21ClN2O. The molecule has 0 fully saturated rings. The van der Waals surface area contributed by atoms with Crippen LogP contribution in [0.5, 0.6) is 5.75 Å². The van der Waals surface area contributed by atoms with Gasteiger partial charge in [0.1, 0.15) is 10.9 Å². The molecule has 112 valence electrons. The molecule has 0 aliphatic heterocycles. The first kappa shape index (κ1) is 15.6. The van der Waals surface area contributed by atoms with Crippen LogP contribution in [0.4, 0.5) is 5.69 Å². The first-order chi connectivity index (χ1) is 10.1. The molecule has 0 aliphatic rings. The summed E-state index contributed by atoms with van der Waals surface area (Å²) in [4.78, 5) is 4.16. The minimum absolute atomic E-state index is 0.370. The highest BCUT2D eigenvalue weighted by Crippen LogP contribution is 2.18. The smallest absolute Gasteiger partial charge is 0.132 e. The average Bonchev–Trinajstić information content (AvgIpc) is 2.49. The maximum Gasteiger partial charge on any atom is 0.132 e. The molecule has 0 saturated heterocycles. The van der Waals surface area contributed by atoms with Gasteiger partial charge in [0.15, 0.2) is 0 Å². The Labute approximate surface area is 131 Å². The van der Waals surface area contributed by atoms with Crippen LogP contribution in [-0.4, -0.2) is 18.1 Å². The standard InChI is InChI=1S/C17H21ClN2O/c1-12-10-15(11-19-17(12)18)20-13(2)4-5-14-6-8-16(21-3)9-7-14/h6-11,13,20H,4-5H2,1-3H3. The van der Waals surface area contributed by atoms with Gasteiger partial charge < -0.3 is 10.1 Å². The maximum atomic E-state index is 5.93. The van der Waals surface area contributed by atoms with Gasteiger partial charge in [0.05, 0.1) is 19.0 Å². The highest BCUT2D eigenvalue weighted by Gasteiger charge is 2.05. The van der Waals surface area contributed by atoms with Crippen LogP contribution < -0.4 is 10.1 Å². The highest BCUT2D eigenvalue weighted by molar-refractivity contribution is 6.30. The fourth-order valence-electron chi connectivity index (χ4n) is 2.17. The average molecular weight is 305 g/mol. The highest BCUT2D eigenvalue weighted by atomic mass is 35.5. The summed E-state index contributed by atoms with van der Waals surface area (Å²) in [7, 11) is 1.68. The van der Waals surface area contributed by atoms with Crippen molar-refractivity contribution < 1.29 is 4.74 Å². The molecule has 4 heteroatoms. The second-order valence-corrected chi connectivity index (χ2v) is 5.62. The zero-order valence-corrected chi connectivity index (χ0v) is 13.4. The van der Waals surface area contributed by atoms with Crippen molar-refractivity contribution in [3.05, 3.63) is 52.8 Å². The fourth-order valence-corrected chi connectivity index (χ4v) is 2.27. The maximum absolute atomic E-state index is 5.93. The number of aryl methyl sites for hydroxylation is 2. The zero-order valence-electron chi connectivity index (χ0n) is 12.7. The Morgan fingerprint density at radius 2 is 2.00 bits per heavy atom. The zero-order chi connectivity index (χ0) is 15.2. The minimum Gasteiger partial charge on any atom is -0.497 e. The third kappa shape index (κ3) is 4.64. The molecule has 1 atom stereocenters. The summed E-state index contributed by atoms with van der Waals surface area (Å²) in [6.45, 7) is 4.13. The molecule has 3 nitrogen and oxygen atoms in total. The van der Waals surface area contributed by atoms with E-state index >= 15 is 0 Å². The van der Waals surface area contributed by atoms with Gasteiger partial charge in [0.25, 0.3) is 0 Å². The molecule has 1 heterocycles. The second-order valence-electron chi connectivity index (χ2n) is 5.26. The number of nitrogens with one attached hydrogen (secondary N) is 1. The summed E-state index contributed by atoms with van der Waals surface area (Å²) >= 11 is 5.93. The van der Waals surface area contributed by atoms with E-state index in [1.54, 1.807) is 13.3 Å². The van der Waals surface area contributed by atoms with Crippen LogP contribution in [0.2, 0.25) is 5.15 Å². The molecule has 1 N–H and O–H groups in total. The summed E-state index contributed by atoms with van der Waals surface area (Å²) in [5.41, 5.74) is 3.32. The number of rotatable bonds is 6. The van der Waals surface area contributed by atoms with E-state index < -0.39 is 0 Å². The van der Waals surface area contributed by atoms with Gasteiger partial charge in [-0.2, -0.15) is 0 Å². The van der Waals surface area contributed by atoms with Gasteiger partial charge in [0.2, 0.25) is 0 Å². The predicted octanol–water partition coefficient (Wildman–Crippen LogP) is 4.49. The van der Waals surface area contributed by atoms with Gasteiger partial charge >= 0.3 is 0 Å². The first-order valence-electron chi connectivity index (χ1n) is 7.10. The normalized spacial score (nSPS) is 12.0. The first-order valence-corrected chi connectivity index (χ1v) is 7.48. The van der Waals surface area contributed by atoms with E-state index in [1.165, 1.54) is 5.56 Å². The quantitative estimate of drug-likeness (QED) is 0.799. The van der Waals surface area contributed by atoms with Gasteiger partial charge in [-0.1, -0.05) is 23.7 Å². The number of hydrogen-bond acceptors (Lipinski definition) is 3. The van der Waals surface area contributed by atoms with E-state index in [1.807, 2.05) is 25.1 Å². The van der Waals surface area contributed by atoms with E-state index in [0.717, 1.165) is 29.8 Å². The Hall–Kier alpha value is -1.74. The van der Waals surface area contributed by atoms with Crippen LogP contribution in [0.1, 0.15) is 24.5 Å². The summed E-state index contributed by atoms with van der Waals surface area (Å²) in [5, 5.41) is 4.02. The molecule has 0 radical (unpaired) electrons. The van der Waals surface area contributed by atoms with Gasteiger partial charge in [-0.25, -0.2) is 4.98 Å². The molecule has 1 unspecified atom stereocenters. The number of methoxy groups -OCH3 is 1. The van der Waals surface area contributed by atoms with Gasteiger partial charge in [-0.15, -0.1) is 0 Å². The lowest BCUT2D eigenvalue weighted by Gasteiger charge is -2.15. The van der Waals surface area contributed by atoms with E-state index in [4.69, 9.17) is 16.3 Å². The van der Waals surface area contributed by atoms with E-state index in [9.17, 15) is 0 Å². The van der Waals surface area contributed by atoms with Crippen molar-refractivity contribution in [3.8, 4) is 5.75 Å². The lowest BCUT2D eigenvalue weighted by atomic mass is 10.1. The molecule has 0 amide bonds. The van der Waals surface area contributed by atoms with E-state index in [2.05, 4.69) is 29.4 Å². The molecule has 0 saturated carbocycles. The topological polar surface area (TPSA) is 34.1 Å². The second kappa shape index (κ2) is 7.32. The van der Waals surface area contributed by atoms with Crippen molar-refractivity contribution in [1.29, 1.82) is 0 Å². The number of benzene rings is 1. The van der Waals surface area contributed by atoms with Crippen molar-refractivity contribution in [2.24, 2.45) is 0 Å². The molecular weight excluding hydrogens is 284 g/mol. The van der Waals surface area contributed by atoms with Crippen molar-refractivity contribution in [3.63, 3.8) is 0 Å². The van der Waals surface area contributed by atoms with E-state index in [0.29, 0.717) is 11.2 Å². The van der Waals surface area contributed by atoms with Gasteiger partial charge in [-0.3, -0.25) is 0 Å². The van der Waals surface area contributed by atoms with E-state index in [-0.39, 0.29) is 0 Å². The van der Waals surface area contributed by atoms with Crippen molar-refractivity contribution in [2.75, 3.05) is 12.4 Å². The van der Waals surface area contributed by atoms with Crippen LogP contribution in [-0.2, 0) is 6.42 Å². The molecule has 2 rings (SSSR count). The molecule has 21 heavy (non-hydrogen) atoms. The Morgan fingerprint density at radius 3 is 2.62 bits per heavy atom. The van der Waals surface area contributed by atoms with Crippen LogP contribution in [0, 0.1) is 6.92 Å². The lowest BCUT2D eigenvalue weighted by molar-refractivity contribution is 0.414. The molecule has 1 aromatic heterocycles. The number of nitrogens with zero attached hydrogens (tertiary/aromatic N) is 1. The number of pyridine rings is 1. The van der Waals surface area contributed by atoms with Crippen LogP contribution in [0.25, 0.3) is 0 Å². The molecule has 2 aromatic rings. The molecule has 0 aliphatic carbocycles. The van der Waals surface area contributed by atoms with Crippen molar-refractivity contribution >= 4 is 17.3 Å². The monoisotopic (exact) mass is 304 g/mol. The predicted molar refractivity (Wildman–Crippen MR) is 88.4 cm³/mol. The van der Waals surface area contributed by atoms with Gasteiger partial charge in [-0.05, 0) is 56.0 Å². The lowest BCUT2D eigenvalue weighted by Crippen LogP contribution is -2.16.